The zero-order valence-corrected chi connectivity index (χ0v) is 12.0. The fourth-order valence-corrected chi connectivity index (χ4v) is 2.44. The number of furan rings is 1. The van der Waals surface area contributed by atoms with Gasteiger partial charge in [0.2, 0.25) is 0 Å². The lowest BCUT2D eigenvalue weighted by atomic mass is 9.68. The van der Waals surface area contributed by atoms with Crippen LogP contribution in [0.25, 0.3) is 23.1 Å². The van der Waals surface area contributed by atoms with Gasteiger partial charge in [-0.2, -0.15) is 0 Å². The van der Waals surface area contributed by atoms with Gasteiger partial charge in [-0.1, -0.05) is 64.1 Å². The number of fused-ring (bicyclic) bond motifs is 3. The fraction of sp³-hybridized carbons (Fsp3) is 0.333. The quantitative estimate of drug-likeness (QED) is 0.601. The molecule has 1 aliphatic carbocycles. The maximum atomic E-state index is 5.94. The molecule has 0 saturated carbocycles. The molecule has 1 atom stereocenters. The first kappa shape index (κ1) is 12.3. The molecule has 3 rings (SSSR count). The maximum Gasteiger partial charge on any atom is 0.135 e. The van der Waals surface area contributed by atoms with E-state index in [1.165, 1.54) is 10.9 Å². The Labute approximate surface area is 114 Å². The smallest absolute Gasteiger partial charge is 0.135 e. The second kappa shape index (κ2) is 3.86. The maximum absolute atomic E-state index is 5.94. The summed E-state index contributed by atoms with van der Waals surface area (Å²) in [6.07, 6.45) is 8.90. The number of allylic oxidation sites excluding steroid dienone is 2. The molecule has 1 nitrogen and oxygen atoms in total. The summed E-state index contributed by atoms with van der Waals surface area (Å²) in [5.41, 5.74) is 2.37. The van der Waals surface area contributed by atoms with Crippen molar-refractivity contribution in [3.05, 3.63) is 47.7 Å². The summed E-state index contributed by atoms with van der Waals surface area (Å²) in [5.74, 6) is 0.963. The van der Waals surface area contributed by atoms with Crippen molar-refractivity contribution < 1.29 is 4.42 Å². The predicted octanol–water partition coefficient (Wildman–Crippen LogP) is 5.53. The van der Waals surface area contributed by atoms with Gasteiger partial charge in [0, 0.05) is 16.4 Å². The van der Waals surface area contributed by atoms with E-state index in [0.717, 1.165) is 11.3 Å². The second-order valence-electron chi connectivity index (χ2n) is 6.58. The van der Waals surface area contributed by atoms with Crippen molar-refractivity contribution in [2.75, 3.05) is 0 Å². The Kier molecular flexibility index (Phi) is 2.50. The fourth-order valence-electron chi connectivity index (χ4n) is 2.44. The number of benzene rings is 1. The highest BCUT2D eigenvalue weighted by molar-refractivity contribution is 5.91. The SMILES string of the molecule is CC(C)(C)C1(C)C=Cc2oc3ccccc3c2C=C1. The summed E-state index contributed by atoms with van der Waals surface area (Å²) < 4.78 is 5.94. The van der Waals surface area contributed by atoms with Crippen molar-refractivity contribution in [3.63, 3.8) is 0 Å². The third-order valence-corrected chi connectivity index (χ3v) is 4.46. The van der Waals surface area contributed by atoms with Crippen molar-refractivity contribution in [2.24, 2.45) is 10.8 Å². The van der Waals surface area contributed by atoms with Gasteiger partial charge >= 0.3 is 0 Å². The lowest BCUT2D eigenvalue weighted by Gasteiger charge is -2.36. The lowest BCUT2D eigenvalue weighted by molar-refractivity contribution is 0.230. The van der Waals surface area contributed by atoms with Gasteiger partial charge in [-0.05, 0) is 17.6 Å². The van der Waals surface area contributed by atoms with Crippen LogP contribution in [0.1, 0.15) is 39.0 Å². The van der Waals surface area contributed by atoms with Crippen molar-refractivity contribution >= 4 is 23.1 Å². The van der Waals surface area contributed by atoms with Crippen LogP contribution in [0.2, 0.25) is 0 Å². The Morgan fingerprint density at radius 2 is 1.68 bits per heavy atom. The minimum absolute atomic E-state index is 0.0373. The summed E-state index contributed by atoms with van der Waals surface area (Å²) >= 11 is 0. The minimum atomic E-state index is 0.0373. The van der Waals surface area contributed by atoms with E-state index < -0.39 is 0 Å². The number of para-hydroxylation sites is 1. The van der Waals surface area contributed by atoms with Gasteiger partial charge in [0.1, 0.15) is 11.3 Å². The van der Waals surface area contributed by atoms with Crippen LogP contribution in [0.4, 0.5) is 0 Å². The molecule has 1 aromatic heterocycles. The van der Waals surface area contributed by atoms with Crippen molar-refractivity contribution in [1.82, 2.24) is 0 Å². The van der Waals surface area contributed by atoms with Crippen molar-refractivity contribution in [3.8, 4) is 0 Å². The van der Waals surface area contributed by atoms with Crippen LogP contribution in [0.15, 0.2) is 40.8 Å². The van der Waals surface area contributed by atoms with Crippen LogP contribution in [0.3, 0.4) is 0 Å². The van der Waals surface area contributed by atoms with Gasteiger partial charge in [0.15, 0.2) is 0 Å². The molecule has 98 valence electrons. The summed E-state index contributed by atoms with van der Waals surface area (Å²) in [6.45, 7) is 9.08. The molecule has 0 fully saturated rings. The molecule has 0 N–H and O–H groups in total. The second-order valence-corrected chi connectivity index (χ2v) is 6.58. The summed E-state index contributed by atoms with van der Waals surface area (Å²) in [7, 11) is 0. The van der Waals surface area contributed by atoms with Crippen molar-refractivity contribution in [1.29, 1.82) is 0 Å². The van der Waals surface area contributed by atoms with E-state index in [4.69, 9.17) is 4.42 Å². The third-order valence-electron chi connectivity index (χ3n) is 4.46. The van der Waals surface area contributed by atoms with E-state index in [2.05, 4.69) is 64.1 Å². The molecule has 1 heterocycles. The van der Waals surface area contributed by atoms with Gasteiger partial charge in [-0.25, -0.2) is 0 Å². The van der Waals surface area contributed by atoms with Crippen LogP contribution in [-0.4, -0.2) is 0 Å². The molecule has 0 saturated heterocycles. The standard InChI is InChI=1S/C18H20O/c1-17(2,3)18(4)11-9-14-13-7-5-6-8-15(13)19-16(14)10-12-18/h5-12H,1-4H3. The first-order valence-electron chi connectivity index (χ1n) is 6.81. The Morgan fingerprint density at radius 1 is 1.00 bits per heavy atom. The Balaban J connectivity index is 2.18. The van der Waals surface area contributed by atoms with Crippen LogP contribution in [-0.2, 0) is 0 Å². The molecular formula is C18H20O. The molecule has 1 unspecified atom stereocenters. The normalized spacial score (nSPS) is 22.5. The van der Waals surface area contributed by atoms with E-state index in [9.17, 15) is 0 Å². The molecule has 1 aromatic carbocycles. The van der Waals surface area contributed by atoms with E-state index in [1.54, 1.807) is 0 Å². The Hall–Kier alpha value is -1.76. The zero-order valence-electron chi connectivity index (χ0n) is 12.0. The highest BCUT2D eigenvalue weighted by Gasteiger charge is 2.33. The Morgan fingerprint density at radius 3 is 2.42 bits per heavy atom. The van der Waals surface area contributed by atoms with Crippen LogP contribution in [0, 0.1) is 10.8 Å². The van der Waals surface area contributed by atoms with E-state index in [-0.39, 0.29) is 10.8 Å². The number of hydrogen-bond donors (Lipinski definition) is 0. The van der Waals surface area contributed by atoms with Gasteiger partial charge in [-0.3, -0.25) is 0 Å². The molecule has 0 amide bonds. The van der Waals surface area contributed by atoms with Crippen LogP contribution >= 0.6 is 0 Å². The van der Waals surface area contributed by atoms with E-state index in [1.807, 2.05) is 12.1 Å². The summed E-state index contributed by atoms with van der Waals surface area (Å²) in [4.78, 5) is 0. The summed E-state index contributed by atoms with van der Waals surface area (Å²) in [5, 5.41) is 1.19. The molecule has 19 heavy (non-hydrogen) atoms. The molecule has 1 heteroatoms. The molecule has 0 radical (unpaired) electrons. The van der Waals surface area contributed by atoms with E-state index >= 15 is 0 Å². The minimum Gasteiger partial charge on any atom is -0.456 e. The zero-order chi connectivity index (χ0) is 13.7. The average Bonchev–Trinajstić information content (AvgIpc) is 2.61. The van der Waals surface area contributed by atoms with Crippen LogP contribution in [0.5, 0.6) is 0 Å². The van der Waals surface area contributed by atoms with Gasteiger partial charge < -0.3 is 4.42 Å². The monoisotopic (exact) mass is 252 g/mol. The lowest BCUT2D eigenvalue weighted by Crippen LogP contribution is -2.28. The number of rotatable bonds is 0. The summed E-state index contributed by atoms with van der Waals surface area (Å²) in [6, 6.07) is 8.21. The predicted molar refractivity (Wildman–Crippen MR) is 81.8 cm³/mol. The molecule has 2 aromatic rings. The first-order chi connectivity index (χ1) is 8.91. The third kappa shape index (κ3) is 1.85. The highest BCUT2D eigenvalue weighted by atomic mass is 16.3. The molecule has 0 aliphatic heterocycles. The molecular weight excluding hydrogens is 232 g/mol. The molecule has 1 aliphatic rings. The highest BCUT2D eigenvalue weighted by Crippen LogP contribution is 2.44. The van der Waals surface area contributed by atoms with Gasteiger partial charge in [0.25, 0.3) is 0 Å². The molecule has 0 spiro atoms. The number of hydrogen-bond acceptors (Lipinski definition) is 1. The Bertz CT molecular complexity index is 679. The van der Waals surface area contributed by atoms with Gasteiger partial charge in [-0.15, -0.1) is 0 Å². The van der Waals surface area contributed by atoms with Crippen LogP contribution < -0.4 is 0 Å². The van der Waals surface area contributed by atoms with Crippen molar-refractivity contribution in [2.45, 2.75) is 27.7 Å². The van der Waals surface area contributed by atoms with E-state index in [0.29, 0.717) is 0 Å². The molecule has 0 bridgehead atoms. The first-order valence-corrected chi connectivity index (χ1v) is 6.81. The largest absolute Gasteiger partial charge is 0.456 e. The average molecular weight is 252 g/mol. The topological polar surface area (TPSA) is 13.1 Å². The van der Waals surface area contributed by atoms with Gasteiger partial charge in [0.05, 0.1) is 0 Å².